The molecule has 122 valence electrons. The lowest BCUT2D eigenvalue weighted by molar-refractivity contribution is 0.1000. The zero-order chi connectivity index (χ0) is 16.6. The van der Waals surface area contributed by atoms with E-state index in [1.54, 1.807) is 13.0 Å². The zero-order valence-corrected chi connectivity index (χ0v) is 14.0. The summed E-state index contributed by atoms with van der Waals surface area (Å²) in [6.45, 7) is 3.89. The molecule has 0 aliphatic heterocycles. The van der Waals surface area contributed by atoms with Gasteiger partial charge in [-0.2, -0.15) is 0 Å². The van der Waals surface area contributed by atoms with Gasteiger partial charge in [-0.15, -0.1) is 11.3 Å². The fraction of sp³-hybridized carbons (Fsp3) is 0.438. The molecule has 0 spiro atoms. The van der Waals surface area contributed by atoms with Gasteiger partial charge in [0.25, 0.3) is 11.8 Å². The Labute approximate surface area is 138 Å². The van der Waals surface area contributed by atoms with E-state index >= 15 is 0 Å². The maximum atomic E-state index is 12.3. The summed E-state index contributed by atoms with van der Waals surface area (Å²) in [5.74, 6) is 0.296. The third kappa shape index (κ3) is 3.01. The van der Waals surface area contributed by atoms with Gasteiger partial charge in [0.2, 0.25) is 0 Å². The number of nitrogens with zero attached hydrogens (tertiary/aromatic N) is 1. The predicted molar refractivity (Wildman–Crippen MR) is 87.8 cm³/mol. The minimum absolute atomic E-state index is 0.190. The second kappa shape index (κ2) is 6.16. The summed E-state index contributed by atoms with van der Waals surface area (Å²) in [5, 5.41) is 6.98. The van der Waals surface area contributed by atoms with Crippen molar-refractivity contribution >= 4 is 28.2 Å². The maximum Gasteiger partial charge on any atom is 0.278 e. The Morgan fingerprint density at radius 1 is 1.52 bits per heavy atom. The molecule has 0 saturated heterocycles. The van der Waals surface area contributed by atoms with Crippen molar-refractivity contribution in [3.8, 4) is 0 Å². The van der Waals surface area contributed by atoms with Gasteiger partial charge in [-0.25, -0.2) is 0 Å². The van der Waals surface area contributed by atoms with E-state index < -0.39 is 11.8 Å². The van der Waals surface area contributed by atoms with Gasteiger partial charge < -0.3 is 15.6 Å². The number of primary amides is 1. The number of thiophene rings is 1. The molecule has 2 heterocycles. The van der Waals surface area contributed by atoms with Gasteiger partial charge in [0, 0.05) is 10.9 Å². The third-order valence-corrected chi connectivity index (χ3v) is 5.45. The van der Waals surface area contributed by atoms with Gasteiger partial charge in [-0.1, -0.05) is 18.5 Å². The topological polar surface area (TPSA) is 98.2 Å². The summed E-state index contributed by atoms with van der Waals surface area (Å²) in [6, 6.07) is 1.56. The highest BCUT2D eigenvalue weighted by molar-refractivity contribution is 7.17. The summed E-state index contributed by atoms with van der Waals surface area (Å²) in [6.07, 6.45) is 3.94. The van der Waals surface area contributed by atoms with Crippen molar-refractivity contribution < 1.29 is 14.1 Å². The summed E-state index contributed by atoms with van der Waals surface area (Å²) >= 11 is 1.45. The lowest BCUT2D eigenvalue weighted by Crippen LogP contribution is -2.19. The van der Waals surface area contributed by atoms with Crippen LogP contribution >= 0.6 is 11.3 Å². The predicted octanol–water partition coefficient (Wildman–Crippen LogP) is 2.91. The molecule has 3 N–H and O–H groups in total. The SMILES string of the molecule is CC[C@@H]1CCc2c(sc(NC(=O)c3cc(C)on3)c2C(N)=O)C1. The van der Waals surface area contributed by atoms with Crippen LogP contribution in [0.25, 0.3) is 0 Å². The van der Waals surface area contributed by atoms with Crippen molar-refractivity contribution in [1.29, 1.82) is 0 Å². The first-order chi connectivity index (χ1) is 11.0. The molecule has 3 rings (SSSR count). The van der Waals surface area contributed by atoms with E-state index in [-0.39, 0.29) is 5.69 Å². The number of nitrogens with two attached hydrogens (primary N) is 1. The van der Waals surface area contributed by atoms with Crippen molar-refractivity contribution in [2.75, 3.05) is 5.32 Å². The third-order valence-electron chi connectivity index (χ3n) is 4.28. The maximum absolute atomic E-state index is 12.3. The van der Waals surface area contributed by atoms with Crippen molar-refractivity contribution in [3.63, 3.8) is 0 Å². The van der Waals surface area contributed by atoms with Gasteiger partial charge in [0.15, 0.2) is 5.69 Å². The number of carbonyl (C=O) groups is 2. The molecule has 0 radical (unpaired) electrons. The molecule has 2 amide bonds. The van der Waals surface area contributed by atoms with E-state index in [0.29, 0.717) is 22.2 Å². The van der Waals surface area contributed by atoms with E-state index in [4.69, 9.17) is 10.3 Å². The number of nitrogens with one attached hydrogen (secondary N) is 1. The fourth-order valence-corrected chi connectivity index (χ4v) is 4.35. The Kier molecular flexibility index (Phi) is 4.21. The zero-order valence-electron chi connectivity index (χ0n) is 13.1. The molecule has 0 aromatic carbocycles. The van der Waals surface area contributed by atoms with E-state index in [1.165, 1.54) is 11.3 Å². The Morgan fingerprint density at radius 2 is 2.30 bits per heavy atom. The summed E-state index contributed by atoms with van der Waals surface area (Å²) in [7, 11) is 0. The number of carbonyl (C=O) groups excluding carboxylic acids is 2. The van der Waals surface area contributed by atoms with Crippen LogP contribution < -0.4 is 11.1 Å². The summed E-state index contributed by atoms with van der Waals surface area (Å²) in [4.78, 5) is 25.3. The normalized spacial score (nSPS) is 16.9. The number of amides is 2. The van der Waals surface area contributed by atoms with Gasteiger partial charge in [0.05, 0.1) is 5.56 Å². The Morgan fingerprint density at radius 3 is 2.91 bits per heavy atom. The van der Waals surface area contributed by atoms with Crippen LogP contribution in [0.1, 0.15) is 56.8 Å². The smallest absolute Gasteiger partial charge is 0.278 e. The number of aromatic nitrogens is 1. The fourth-order valence-electron chi connectivity index (χ4n) is 2.99. The molecule has 6 nitrogen and oxygen atoms in total. The quantitative estimate of drug-likeness (QED) is 0.898. The molecule has 23 heavy (non-hydrogen) atoms. The van der Waals surface area contributed by atoms with Crippen LogP contribution in [-0.2, 0) is 12.8 Å². The first-order valence-corrected chi connectivity index (χ1v) is 8.50. The molecule has 1 aliphatic carbocycles. The molecule has 0 unspecified atom stereocenters. The number of rotatable bonds is 4. The van der Waals surface area contributed by atoms with Gasteiger partial charge in [-0.3, -0.25) is 9.59 Å². The van der Waals surface area contributed by atoms with Crippen molar-refractivity contribution in [2.45, 2.75) is 39.5 Å². The standard InChI is InChI=1S/C16H19N3O3S/c1-3-9-4-5-10-12(7-9)23-16(13(10)14(17)20)18-15(21)11-6-8(2)22-19-11/h6,9H,3-5,7H2,1-2H3,(H2,17,20)(H,18,21)/t9-/m1/s1. The Balaban J connectivity index is 1.91. The average Bonchev–Trinajstić information content (AvgIpc) is 3.09. The highest BCUT2D eigenvalue weighted by Gasteiger charge is 2.28. The number of fused-ring (bicyclic) bond motifs is 1. The average molecular weight is 333 g/mol. The Hall–Kier alpha value is -2.15. The van der Waals surface area contributed by atoms with Crippen LogP contribution in [0.3, 0.4) is 0 Å². The number of anilines is 1. The Bertz CT molecular complexity index is 763. The first kappa shape index (κ1) is 15.7. The summed E-state index contributed by atoms with van der Waals surface area (Å²) in [5.41, 5.74) is 7.19. The summed E-state index contributed by atoms with van der Waals surface area (Å²) < 4.78 is 4.91. The molecule has 2 aromatic rings. The molecule has 7 heteroatoms. The monoisotopic (exact) mass is 333 g/mol. The highest BCUT2D eigenvalue weighted by atomic mass is 32.1. The number of hydrogen-bond acceptors (Lipinski definition) is 5. The van der Waals surface area contributed by atoms with E-state index in [2.05, 4.69) is 17.4 Å². The second-order valence-electron chi connectivity index (χ2n) is 5.87. The minimum atomic E-state index is -0.496. The molecule has 1 atom stereocenters. The minimum Gasteiger partial charge on any atom is -0.365 e. The molecule has 2 aromatic heterocycles. The molecular weight excluding hydrogens is 314 g/mol. The number of aryl methyl sites for hydroxylation is 1. The molecular formula is C16H19N3O3S. The molecule has 0 fully saturated rings. The van der Waals surface area contributed by atoms with E-state index in [9.17, 15) is 9.59 Å². The van der Waals surface area contributed by atoms with Crippen molar-refractivity contribution in [2.24, 2.45) is 11.7 Å². The van der Waals surface area contributed by atoms with Crippen LogP contribution in [0.5, 0.6) is 0 Å². The molecule has 0 saturated carbocycles. The number of hydrogen-bond donors (Lipinski definition) is 2. The van der Waals surface area contributed by atoms with E-state index in [1.807, 2.05) is 0 Å². The lowest BCUT2D eigenvalue weighted by Gasteiger charge is -2.20. The van der Waals surface area contributed by atoms with Gasteiger partial charge >= 0.3 is 0 Å². The lowest BCUT2D eigenvalue weighted by atomic mass is 9.85. The van der Waals surface area contributed by atoms with Gasteiger partial charge in [0.1, 0.15) is 10.8 Å². The van der Waals surface area contributed by atoms with E-state index in [0.717, 1.165) is 36.1 Å². The van der Waals surface area contributed by atoms with Crippen LogP contribution in [0, 0.1) is 12.8 Å². The van der Waals surface area contributed by atoms with Gasteiger partial charge in [-0.05, 0) is 37.7 Å². The van der Waals surface area contributed by atoms with Crippen molar-refractivity contribution in [3.05, 3.63) is 33.5 Å². The van der Waals surface area contributed by atoms with Crippen LogP contribution in [0.4, 0.5) is 5.00 Å². The molecule has 1 aliphatic rings. The first-order valence-electron chi connectivity index (χ1n) is 7.68. The highest BCUT2D eigenvalue weighted by Crippen LogP contribution is 2.40. The largest absolute Gasteiger partial charge is 0.365 e. The van der Waals surface area contributed by atoms with Crippen LogP contribution in [0.2, 0.25) is 0 Å². The van der Waals surface area contributed by atoms with Crippen molar-refractivity contribution in [1.82, 2.24) is 5.16 Å². The van der Waals surface area contributed by atoms with Crippen LogP contribution in [0.15, 0.2) is 10.6 Å². The molecule has 0 bridgehead atoms. The van der Waals surface area contributed by atoms with Crippen LogP contribution in [-0.4, -0.2) is 17.0 Å². The second-order valence-corrected chi connectivity index (χ2v) is 6.97.